The second-order valence-electron chi connectivity index (χ2n) is 8.02. The van der Waals surface area contributed by atoms with Crippen molar-refractivity contribution in [1.29, 1.82) is 0 Å². The number of hydrogen-bond donors (Lipinski definition) is 3. The molecule has 2 aromatic carbocycles. The highest BCUT2D eigenvalue weighted by atomic mass is 16.5. The highest BCUT2D eigenvalue weighted by molar-refractivity contribution is 5.96. The van der Waals surface area contributed by atoms with E-state index in [1.165, 1.54) is 0 Å². The molecule has 0 spiro atoms. The Kier molecular flexibility index (Phi) is 6.41. The standard InChI is InChI=1S/C25H24N2O5/c28-23(27-22(24(29)30)14-16-11-12-16)10-5-13-26-25(31)32-15-21-19-8-3-1-6-17(19)18-7-2-4-9-20(18)21/h1-4,6-9,16,21-22H,11-15H2,(H,26,31)(H,27,28)(H,29,30)/t22-/m0/s1. The lowest BCUT2D eigenvalue weighted by Crippen LogP contribution is -2.40. The molecular weight excluding hydrogens is 408 g/mol. The van der Waals surface area contributed by atoms with Crippen LogP contribution in [0.4, 0.5) is 4.79 Å². The molecular formula is C25H24N2O5. The van der Waals surface area contributed by atoms with Gasteiger partial charge in [-0.05, 0) is 40.5 Å². The van der Waals surface area contributed by atoms with Gasteiger partial charge < -0.3 is 20.5 Å². The highest BCUT2D eigenvalue weighted by Gasteiger charge is 2.30. The molecule has 0 unspecified atom stereocenters. The zero-order valence-corrected chi connectivity index (χ0v) is 17.5. The smallest absolute Gasteiger partial charge is 0.407 e. The van der Waals surface area contributed by atoms with Gasteiger partial charge in [-0.15, -0.1) is 0 Å². The molecule has 0 aromatic heterocycles. The van der Waals surface area contributed by atoms with Gasteiger partial charge in [-0.3, -0.25) is 4.79 Å². The first kappa shape index (κ1) is 21.4. The van der Waals surface area contributed by atoms with Crippen molar-refractivity contribution in [3.05, 3.63) is 59.7 Å². The van der Waals surface area contributed by atoms with E-state index in [4.69, 9.17) is 4.74 Å². The van der Waals surface area contributed by atoms with Gasteiger partial charge in [0.05, 0.1) is 6.54 Å². The maximum absolute atomic E-state index is 12.1. The summed E-state index contributed by atoms with van der Waals surface area (Å²) in [6.07, 6.45) is 1.78. The van der Waals surface area contributed by atoms with Crippen molar-refractivity contribution in [3.63, 3.8) is 0 Å². The second-order valence-corrected chi connectivity index (χ2v) is 8.02. The number of fused-ring (bicyclic) bond motifs is 3. The van der Waals surface area contributed by atoms with Crippen molar-refractivity contribution in [2.24, 2.45) is 5.92 Å². The molecule has 7 nitrogen and oxygen atoms in total. The first-order chi connectivity index (χ1) is 15.5. The molecule has 0 bridgehead atoms. The van der Waals surface area contributed by atoms with Gasteiger partial charge in [-0.25, -0.2) is 9.59 Å². The van der Waals surface area contributed by atoms with Crippen LogP contribution in [0.1, 0.15) is 36.3 Å². The number of ether oxygens (including phenoxy) is 1. The van der Waals surface area contributed by atoms with Crippen molar-refractivity contribution < 1.29 is 24.2 Å². The Morgan fingerprint density at radius 1 is 1.03 bits per heavy atom. The predicted octanol–water partition coefficient (Wildman–Crippen LogP) is 2.90. The minimum atomic E-state index is -1.07. The van der Waals surface area contributed by atoms with Crippen LogP contribution >= 0.6 is 0 Å². The third-order valence-corrected chi connectivity index (χ3v) is 5.74. The molecule has 0 saturated heterocycles. The lowest BCUT2D eigenvalue weighted by atomic mass is 9.98. The second kappa shape index (κ2) is 9.56. The molecule has 2 aromatic rings. The molecule has 32 heavy (non-hydrogen) atoms. The van der Waals surface area contributed by atoms with E-state index in [-0.39, 0.29) is 19.1 Å². The van der Waals surface area contributed by atoms with E-state index in [1.54, 1.807) is 0 Å². The number of hydrogen-bond acceptors (Lipinski definition) is 4. The Labute approximate surface area is 186 Å². The number of carboxylic acids is 1. The molecule has 3 N–H and O–H groups in total. The molecule has 2 amide bonds. The largest absolute Gasteiger partial charge is 0.480 e. The summed E-state index contributed by atoms with van der Waals surface area (Å²) in [7, 11) is 0. The molecule has 4 rings (SSSR count). The molecule has 1 fully saturated rings. The van der Waals surface area contributed by atoms with Crippen LogP contribution in [-0.4, -0.2) is 42.3 Å². The number of carbonyl (C=O) groups is 3. The maximum atomic E-state index is 12.1. The zero-order chi connectivity index (χ0) is 22.5. The molecule has 164 valence electrons. The van der Waals surface area contributed by atoms with Crippen LogP contribution < -0.4 is 10.6 Å². The number of aliphatic carboxylic acids is 1. The third kappa shape index (κ3) is 5.09. The van der Waals surface area contributed by atoms with Crippen molar-refractivity contribution in [2.45, 2.75) is 31.2 Å². The Bertz CT molecular complexity index is 1050. The maximum Gasteiger partial charge on any atom is 0.407 e. The van der Waals surface area contributed by atoms with Gasteiger partial charge in [0.15, 0.2) is 0 Å². The summed E-state index contributed by atoms with van der Waals surface area (Å²) in [6, 6.07) is 15.2. The summed E-state index contributed by atoms with van der Waals surface area (Å²) >= 11 is 0. The van der Waals surface area contributed by atoms with Crippen LogP contribution in [0, 0.1) is 17.8 Å². The SMILES string of the molecule is O=C(C#CCNC(=O)OCC1c2ccccc2-c2ccccc21)N[C@@H](CC1CC1)C(=O)O. The number of nitrogens with one attached hydrogen (secondary N) is 2. The summed E-state index contributed by atoms with van der Waals surface area (Å²) in [5, 5.41) is 14.1. The van der Waals surface area contributed by atoms with Gasteiger partial charge in [0.1, 0.15) is 12.6 Å². The summed E-state index contributed by atoms with van der Waals surface area (Å²) < 4.78 is 5.40. The first-order valence-corrected chi connectivity index (χ1v) is 10.6. The molecule has 0 heterocycles. The molecule has 7 heteroatoms. The van der Waals surface area contributed by atoms with Crippen molar-refractivity contribution in [2.75, 3.05) is 13.2 Å². The predicted molar refractivity (Wildman–Crippen MR) is 118 cm³/mol. The number of benzene rings is 2. The van der Waals surface area contributed by atoms with Crippen LogP contribution in [0.25, 0.3) is 11.1 Å². The molecule has 0 aliphatic heterocycles. The molecule has 2 aliphatic rings. The fourth-order valence-corrected chi connectivity index (χ4v) is 3.99. The van der Waals surface area contributed by atoms with Gasteiger partial charge >= 0.3 is 12.1 Å². The van der Waals surface area contributed by atoms with Gasteiger partial charge in [0.25, 0.3) is 5.91 Å². The van der Waals surface area contributed by atoms with E-state index >= 15 is 0 Å². The van der Waals surface area contributed by atoms with E-state index < -0.39 is 24.0 Å². The number of alkyl carbamates (subject to hydrolysis) is 1. The summed E-state index contributed by atoms with van der Waals surface area (Å²) in [5.41, 5.74) is 4.54. The van der Waals surface area contributed by atoms with E-state index in [2.05, 4.69) is 34.6 Å². The van der Waals surface area contributed by atoms with Crippen LogP contribution in [0.2, 0.25) is 0 Å². The van der Waals surface area contributed by atoms with E-state index in [1.807, 2.05) is 36.4 Å². The molecule has 0 radical (unpaired) electrons. The lowest BCUT2D eigenvalue weighted by molar-refractivity contribution is -0.141. The Balaban J connectivity index is 1.25. The Hall–Kier alpha value is -3.79. The summed E-state index contributed by atoms with van der Waals surface area (Å²) in [6.45, 7) is 0.111. The fourth-order valence-electron chi connectivity index (χ4n) is 3.99. The normalized spacial score (nSPS) is 14.9. The topological polar surface area (TPSA) is 105 Å². The number of carbonyl (C=O) groups excluding carboxylic acids is 2. The lowest BCUT2D eigenvalue weighted by Gasteiger charge is -2.14. The zero-order valence-electron chi connectivity index (χ0n) is 17.5. The quantitative estimate of drug-likeness (QED) is 0.584. The average Bonchev–Trinajstić information content (AvgIpc) is 3.55. The monoisotopic (exact) mass is 432 g/mol. The summed E-state index contributed by atoms with van der Waals surface area (Å²) in [5.74, 6) is 3.41. The Morgan fingerprint density at radius 2 is 1.66 bits per heavy atom. The van der Waals surface area contributed by atoms with Crippen molar-refractivity contribution in [3.8, 4) is 23.0 Å². The minimum absolute atomic E-state index is 0.0376. The summed E-state index contributed by atoms with van der Waals surface area (Å²) in [4.78, 5) is 35.1. The number of amides is 2. The third-order valence-electron chi connectivity index (χ3n) is 5.74. The minimum Gasteiger partial charge on any atom is -0.480 e. The van der Waals surface area contributed by atoms with Crippen molar-refractivity contribution >= 4 is 18.0 Å². The van der Waals surface area contributed by atoms with Crippen LogP contribution in [0.15, 0.2) is 48.5 Å². The van der Waals surface area contributed by atoms with Crippen LogP contribution in [-0.2, 0) is 14.3 Å². The average molecular weight is 432 g/mol. The van der Waals surface area contributed by atoms with Gasteiger partial charge in [-0.2, -0.15) is 0 Å². The first-order valence-electron chi connectivity index (χ1n) is 10.6. The van der Waals surface area contributed by atoms with E-state index in [9.17, 15) is 19.5 Å². The van der Waals surface area contributed by atoms with Crippen molar-refractivity contribution in [1.82, 2.24) is 10.6 Å². The molecule has 1 atom stereocenters. The number of carboxylic acid groups (broad SMARTS) is 1. The van der Waals surface area contributed by atoms with Gasteiger partial charge in [0, 0.05) is 5.92 Å². The van der Waals surface area contributed by atoms with Gasteiger partial charge in [0.2, 0.25) is 0 Å². The Morgan fingerprint density at radius 3 is 2.25 bits per heavy atom. The molecule has 1 saturated carbocycles. The van der Waals surface area contributed by atoms with E-state index in [0.29, 0.717) is 12.3 Å². The number of rotatable bonds is 7. The molecule has 2 aliphatic carbocycles. The fraction of sp³-hybridized carbons (Fsp3) is 0.320. The highest BCUT2D eigenvalue weighted by Crippen LogP contribution is 2.44. The van der Waals surface area contributed by atoms with Crippen LogP contribution in [0.3, 0.4) is 0 Å². The van der Waals surface area contributed by atoms with Crippen LogP contribution in [0.5, 0.6) is 0 Å². The van der Waals surface area contributed by atoms with E-state index in [0.717, 1.165) is 35.1 Å². The van der Waals surface area contributed by atoms with Gasteiger partial charge in [-0.1, -0.05) is 67.3 Å².